The third-order valence-electron chi connectivity index (χ3n) is 4.22. The maximum atomic E-state index is 4.75. The van der Waals surface area contributed by atoms with Crippen LogP contribution in [0.25, 0.3) is 0 Å². The monoisotopic (exact) mass is 354 g/mol. The number of nitrogens with one attached hydrogen (secondary N) is 1. The lowest BCUT2D eigenvalue weighted by Crippen LogP contribution is -2.15. The van der Waals surface area contributed by atoms with Crippen LogP contribution in [0.2, 0.25) is 0 Å². The number of halogens is 1. The molecule has 25 heavy (non-hydrogen) atoms. The van der Waals surface area contributed by atoms with E-state index < -0.39 is 0 Å². The summed E-state index contributed by atoms with van der Waals surface area (Å²) in [6.45, 7) is 6.14. The topological polar surface area (TPSA) is 41.1 Å². The number of hydrogen-bond donors (Lipinski definition) is 1. The molecule has 4 nitrogen and oxygen atoms in total. The molecule has 0 amide bonds. The first-order valence-corrected chi connectivity index (χ1v) is 8.03. The molecule has 1 heterocycles. The Balaban J connectivity index is 0.00000225. The first-order chi connectivity index (χ1) is 11.6. The van der Waals surface area contributed by atoms with E-state index in [0.29, 0.717) is 5.95 Å². The highest BCUT2D eigenvalue weighted by molar-refractivity contribution is 5.85. The molecule has 0 unspecified atom stereocenters. The Kier molecular flexibility index (Phi) is 5.99. The van der Waals surface area contributed by atoms with Crippen molar-refractivity contribution in [1.29, 1.82) is 0 Å². The number of hydrogen-bond acceptors (Lipinski definition) is 4. The van der Waals surface area contributed by atoms with E-state index in [4.69, 9.17) is 4.98 Å². The average molecular weight is 355 g/mol. The van der Waals surface area contributed by atoms with E-state index in [0.717, 1.165) is 34.0 Å². The van der Waals surface area contributed by atoms with Crippen LogP contribution in [0.15, 0.2) is 54.6 Å². The van der Waals surface area contributed by atoms with Gasteiger partial charge in [-0.25, -0.2) is 4.98 Å². The van der Waals surface area contributed by atoms with Crippen molar-refractivity contribution in [2.75, 3.05) is 17.3 Å². The summed E-state index contributed by atoms with van der Waals surface area (Å²) in [6.07, 6.45) is 0. The molecule has 0 saturated carbocycles. The van der Waals surface area contributed by atoms with E-state index >= 15 is 0 Å². The number of nitrogens with zero attached hydrogens (tertiary/aromatic N) is 3. The fourth-order valence-electron chi connectivity index (χ4n) is 2.60. The van der Waals surface area contributed by atoms with E-state index in [9.17, 15) is 0 Å². The van der Waals surface area contributed by atoms with Crippen LogP contribution < -0.4 is 10.2 Å². The van der Waals surface area contributed by atoms with Gasteiger partial charge in [0.05, 0.1) is 0 Å². The fourth-order valence-corrected chi connectivity index (χ4v) is 2.60. The number of rotatable bonds is 4. The van der Waals surface area contributed by atoms with Crippen LogP contribution in [0.3, 0.4) is 0 Å². The molecule has 3 rings (SSSR count). The summed E-state index contributed by atoms with van der Waals surface area (Å²) in [5.74, 6) is 1.52. The highest BCUT2D eigenvalue weighted by Crippen LogP contribution is 2.28. The summed E-state index contributed by atoms with van der Waals surface area (Å²) in [5, 5.41) is 3.34. The van der Waals surface area contributed by atoms with Crippen LogP contribution in [0.5, 0.6) is 0 Å². The van der Waals surface area contributed by atoms with Crippen molar-refractivity contribution in [3.63, 3.8) is 0 Å². The molecule has 0 aliphatic heterocycles. The summed E-state index contributed by atoms with van der Waals surface area (Å²) in [6, 6.07) is 18.4. The van der Waals surface area contributed by atoms with E-state index in [1.165, 1.54) is 0 Å². The Morgan fingerprint density at radius 1 is 0.840 bits per heavy atom. The summed E-state index contributed by atoms with van der Waals surface area (Å²) < 4.78 is 0. The van der Waals surface area contributed by atoms with Crippen molar-refractivity contribution < 1.29 is 0 Å². The van der Waals surface area contributed by atoms with Crippen LogP contribution in [-0.2, 0) is 0 Å². The Labute approximate surface area is 155 Å². The standard InChI is InChI=1S/C20H22N4.ClH/c1-14-10-8-9-13-18(14)22-20-21-16(3)15(2)19(23-20)24(4)17-11-6-5-7-12-17;/h5-13H,1-4H3,(H,21,22,23);1H. The van der Waals surface area contributed by atoms with Crippen LogP contribution in [0.1, 0.15) is 16.8 Å². The maximum absolute atomic E-state index is 4.75. The minimum Gasteiger partial charge on any atom is -0.329 e. The Hall–Kier alpha value is -2.59. The van der Waals surface area contributed by atoms with Crippen molar-refractivity contribution in [3.05, 3.63) is 71.4 Å². The van der Waals surface area contributed by atoms with Crippen LogP contribution in [0.4, 0.5) is 23.1 Å². The molecule has 3 aromatic rings. The van der Waals surface area contributed by atoms with Gasteiger partial charge in [0.2, 0.25) is 5.95 Å². The second-order valence-corrected chi connectivity index (χ2v) is 5.92. The van der Waals surface area contributed by atoms with Gasteiger partial charge in [-0.3, -0.25) is 0 Å². The van der Waals surface area contributed by atoms with Gasteiger partial charge in [-0.1, -0.05) is 36.4 Å². The van der Waals surface area contributed by atoms with Crippen LogP contribution in [0, 0.1) is 20.8 Å². The second-order valence-electron chi connectivity index (χ2n) is 5.92. The zero-order chi connectivity index (χ0) is 17.1. The van der Waals surface area contributed by atoms with Crippen molar-refractivity contribution in [3.8, 4) is 0 Å². The normalized spacial score (nSPS) is 10.1. The molecule has 0 spiro atoms. The van der Waals surface area contributed by atoms with Crippen LogP contribution in [-0.4, -0.2) is 17.0 Å². The van der Waals surface area contributed by atoms with E-state index in [-0.39, 0.29) is 12.4 Å². The highest BCUT2D eigenvalue weighted by Gasteiger charge is 2.14. The van der Waals surface area contributed by atoms with Gasteiger partial charge < -0.3 is 10.2 Å². The molecule has 0 aliphatic carbocycles. The molecule has 2 aromatic carbocycles. The summed E-state index contributed by atoms with van der Waals surface area (Å²) >= 11 is 0. The first-order valence-electron chi connectivity index (χ1n) is 8.03. The molecular formula is C20H23ClN4. The second kappa shape index (κ2) is 7.99. The predicted octanol–water partition coefficient (Wildman–Crippen LogP) is 5.34. The molecule has 1 N–H and O–H groups in total. The van der Waals surface area contributed by atoms with E-state index in [2.05, 4.69) is 47.2 Å². The summed E-state index contributed by atoms with van der Waals surface area (Å²) in [4.78, 5) is 11.4. The molecule has 5 heteroatoms. The van der Waals surface area contributed by atoms with Crippen molar-refractivity contribution in [1.82, 2.24) is 9.97 Å². The number of benzene rings is 2. The molecule has 0 atom stereocenters. The van der Waals surface area contributed by atoms with Crippen molar-refractivity contribution >= 4 is 35.5 Å². The average Bonchev–Trinajstić information content (AvgIpc) is 2.60. The van der Waals surface area contributed by atoms with Crippen LogP contribution >= 0.6 is 12.4 Å². The van der Waals surface area contributed by atoms with Gasteiger partial charge in [-0.2, -0.15) is 4.98 Å². The quantitative estimate of drug-likeness (QED) is 0.687. The minimum atomic E-state index is 0. The zero-order valence-corrected chi connectivity index (χ0v) is 15.8. The van der Waals surface area contributed by atoms with Gasteiger partial charge in [0.1, 0.15) is 5.82 Å². The molecule has 0 saturated heterocycles. The SMILES string of the molecule is Cc1ccccc1Nc1nc(C)c(C)c(N(C)c2ccccc2)n1.Cl. The van der Waals surface area contributed by atoms with Gasteiger partial charge in [-0.05, 0) is 44.5 Å². The molecule has 0 aliphatic rings. The van der Waals surface area contributed by atoms with Gasteiger partial charge in [0.25, 0.3) is 0 Å². The smallest absolute Gasteiger partial charge is 0.229 e. The molecule has 130 valence electrons. The number of aromatic nitrogens is 2. The van der Waals surface area contributed by atoms with Gasteiger partial charge in [-0.15, -0.1) is 12.4 Å². The Bertz CT molecular complexity index is 850. The summed E-state index contributed by atoms with van der Waals surface area (Å²) in [5.41, 5.74) is 5.34. The number of aryl methyl sites for hydroxylation is 2. The van der Waals surface area contributed by atoms with Crippen molar-refractivity contribution in [2.45, 2.75) is 20.8 Å². The Morgan fingerprint density at radius 3 is 2.16 bits per heavy atom. The Morgan fingerprint density at radius 2 is 1.48 bits per heavy atom. The molecule has 1 aromatic heterocycles. The first kappa shape index (κ1) is 18.7. The summed E-state index contributed by atoms with van der Waals surface area (Å²) in [7, 11) is 2.03. The molecule has 0 radical (unpaired) electrons. The van der Waals surface area contributed by atoms with Gasteiger partial charge in [0.15, 0.2) is 0 Å². The largest absolute Gasteiger partial charge is 0.329 e. The third kappa shape index (κ3) is 4.09. The van der Waals surface area contributed by atoms with Crippen molar-refractivity contribution in [2.24, 2.45) is 0 Å². The molecule has 0 bridgehead atoms. The van der Waals surface area contributed by atoms with Gasteiger partial charge in [0, 0.05) is 29.7 Å². The number of anilines is 4. The van der Waals surface area contributed by atoms with E-state index in [1.807, 2.05) is 50.4 Å². The van der Waals surface area contributed by atoms with Gasteiger partial charge >= 0.3 is 0 Å². The fraction of sp³-hybridized carbons (Fsp3) is 0.200. The molecule has 0 fully saturated rings. The highest BCUT2D eigenvalue weighted by atomic mass is 35.5. The third-order valence-corrected chi connectivity index (χ3v) is 4.22. The lowest BCUT2D eigenvalue weighted by atomic mass is 10.2. The number of para-hydroxylation sites is 2. The minimum absolute atomic E-state index is 0. The maximum Gasteiger partial charge on any atom is 0.229 e. The molecular weight excluding hydrogens is 332 g/mol. The lowest BCUT2D eigenvalue weighted by Gasteiger charge is -2.22. The van der Waals surface area contributed by atoms with E-state index in [1.54, 1.807) is 0 Å². The predicted molar refractivity (Wildman–Crippen MR) is 108 cm³/mol. The zero-order valence-electron chi connectivity index (χ0n) is 14.9. The lowest BCUT2D eigenvalue weighted by molar-refractivity contribution is 1.02.